The lowest BCUT2D eigenvalue weighted by atomic mass is 12.5. The molecule has 5 heavy (non-hydrogen) atoms. The predicted octanol–water partition coefficient (Wildman–Crippen LogP) is -1.36. The van der Waals surface area contributed by atoms with Gasteiger partial charge in [0.15, 0.2) is 5.03 Å². The van der Waals surface area contributed by atoms with E-state index >= 15 is 0 Å². The van der Waals surface area contributed by atoms with Crippen LogP contribution in [0.3, 0.4) is 0 Å². The molecule has 0 rings (SSSR count). The molecule has 5 heteroatoms. The Labute approximate surface area is 27.9 Å². The fraction of sp³-hybridized carbons (Fsp3) is 0. The molecule has 0 bridgehead atoms. The van der Waals surface area contributed by atoms with Crippen molar-refractivity contribution in [3.8, 4) is 0 Å². The van der Waals surface area contributed by atoms with E-state index in [-0.39, 0.29) is 0 Å². The molecule has 5 nitrogen and oxygen atoms in total. The highest BCUT2D eigenvalue weighted by molar-refractivity contribution is 3.91. The minimum atomic E-state index is -0.847. The zero-order valence-corrected chi connectivity index (χ0v) is 2.34. The number of nitrogens with two attached hydrogens (primary N) is 1. The van der Waals surface area contributed by atoms with Gasteiger partial charge in [0, 0.05) is 0 Å². The van der Waals surface area contributed by atoms with Crippen molar-refractivity contribution in [2.75, 3.05) is 0 Å². The Hall–Kier alpha value is -0.840. The van der Waals surface area contributed by atoms with Crippen LogP contribution in [0.5, 0.6) is 0 Å². The first-order valence-electron chi connectivity index (χ1n) is 0.877. The number of nitrogens with one attached hydrogen (secondary N) is 1. The van der Waals surface area contributed by atoms with Crippen molar-refractivity contribution in [3.63, 3.8) is 0 Å². The second-order valence-corrected chi connectivity index (χ2v) is 0.386. The lowest BCUT2D eigenvalue weighted by Crippen LogP contribution is -2.28. The average Bonchev–Trinajstić information content (AvgIpc) is 1.38. The van der Waals surface area contributed by atoms with Gasteiger partial charge in [0.1, 0.15) is 0 Å². The number of nitro groups is 1. The van der Waals surface area contributed by atoms with Crippen LogP contribution < -0.4 is 11.4 Å². The van der Waals surface area contributed by atoms with Gasteiger partial charge in [0.05, 0.1) is 0 Å². The molecule has 30 valence electrons. The molecule has 0 aromatic carbocycles. The highest BCUT2D eigenvalue weighted by Crippen LogP contribution is 1.38. The summed E-state index contributed by atoms with van der Waals surface area (Å²) in [5.41, 5.74) is 1.25. The number of hydrogen-bond donors (Lipinski definition) is 2. The van der Waals surface area contributed by atoms with E-state index in [2.05, 4.69) is 5.84 Å². The third kappa shape index (κ3) is 3.16. The summed E-state index contributed by atoms with van der Waals surface area (Å²) < 4.78 is 0. The molecule has 0 aromatic heterocycles. The Kier molecular flexibility index (Phi) is 1.23. The van der Waals surface area contributed by atoms with E-state index in [9.17, 15) is 0 Å². The van der Waals surface area contributed by atoms with Crippen molar-refractivity contribution in [1.29, 1.82) is 0 Å². The van der Waals surface area contributed by atoms with Gasteiger partial charge in [-0.2, -0.15) is 5.84 Å². The molecular weight excluding hydrogens is 74.0 g/mol. The quantitative estimate of drug-likeness (QED) is 0.230. The van der Waals surface area contributed by atoms with Crippen LogP contribution in [0.15, 0.2) is 0 Å². The Balaban J connectivity index is 2.85. The van der Waals surface area contributed by atoms with Crippen LogP contribution in [0.4, 0.5) is 0 Å². The lowest BCUT2D eigenvalue weighted by Gasteiger charge is -1.76. The summed E-state index contributed by atoms with van der Waals surface area (Å²) in [5, 5.41) is 8.09. The van der Waals surface area contributed by atoms with E-state index in [1.807, 2.05) is 0 Å². The van der Waals surface area contributed by atoms with Gasteiger partial charge < -0.3 is 0 Å². The van der Waals surface area contributed by atoms with E-state index in [1.165, 1.54) is 5.53 Å². The Bertz CT molecular complexity index is 40.2. The molecule has 0 atom stereocenters. The van der Waals surface area contributed by atoms with Gasteiger partial charge in [-0.15, -0.1) is 0 Å². The second-order valence-electron chi connectivity index (χ2n) is 0.386. The molecular formula is H3N3O2. The van der Waals surface area contributed by atoms with Crippen molar-refractivity contribution in [1.82, 2.24) is 5.53 Å². The third-order valence-electron chi connectivity index (χ3n) is 0.105. The van der Waals surface area contributed by atoms with E-state index in [1.54, 1.807) is 0 Å². The third-order valence-corrected chi connectivity index (χ3v) is 0.105. The molecule has 0 aromatic rings. The summed E-state index contributed by atoms with van der Waals surface area (Å²) in [6.45, 7) is 0. The fourth-order valence-electron chi connectivity index (χ4n) is 0. The molecule has 0 aliphatic carbocycles. The summed E-state index contributed by atoms with van der Waals surface area (Å²) in [5.74, 6) is 4.22. The van der Waals surface area contributed by atoms with Gasteiger partial charge in [-0.05, 0) is 0 Å². The van der Waals surface area contributed by atoms with Crippen LogP contribution >= 0.6 is 0 Å². The normalized spacial score (nSPS) is 6.60. The minimum absolute atomic E-state index is 0.847. The average molecular weight is 77.0 g/mol. The highest BCUT2D eigenvalue weighted by atomic mass is 16.7. The predicted molar refractivity (Wildman–Crippen MR) is 14.3 cm³/mol. The topological polar surface area (TPSA) is 81.2 Å². The standard InChI is InChI=1S/H3N3O2/c1-2-3(4)5/h2H,1H2. The molecule has 0 aliphatic heterocycles. The summed E-state index contributed by atoms with van der Waals surface area (Å²) >= 11 is 0. The molecule has 0 fully saturated rings. The van der Waals surface area contributed by atoms with Gasteiger partial charge in [-0.1, -0.05) is 5.53 Å². The number of hydrogen-bond acceptors (Lipinski definition) is 3. The molecule has 0 spiro atoms. The SMILES string of the molecule is NN[N+](=O)[O-]. The minimum Gasteiger partial charge on any atom is -0.234 e. The summed E-state index contributed by atoms with van der Waals surface area (Å²) in [6.07, 6.45) is 0. The molecule has 0 unspecified atom stereocenters. The smallest absolute Gasteiger partial charge is 0.173 e. The highest BCUT2D eigenvalue weighted by Gasteiger charge is 1.73. The van der Waals surface area contributed by atoms with Crippen molar-refractivity contribution in [3.05, 3.63) is 10.1 Å². The second kappa shape index (κ2) is 1.48. The summed E-state index contributed by atoms with van der Waals surface area (Å²) in [4.78, 5) is 8.94. The molecule has 3 N–H and O–H groups in total. The summed E-state index contributed by atoms with van der Waals surface area (Å²) in [7, 11) is 0. The van der Waals surface area contributed by atoms with E-state index in [0.29, 0.717) is 0 Å². The first-order valence-corrected chi connectivity index (χ1v) is 0.877. The van der Waals surface area contributed by atoms with Gasteiger partial charge in [-0.3, -0.25) is 0 Å². The van der Waals surface area contributed by atoms with E-state index < -0.39 is 5.03 Å². The van der Waals surface area contributed by atoms with Crippen LogP contribution in [0.25, 0.3) is 0 Å². The van der Waals surface area contributed by atoms with E-state index in [0.717, 1.165) is 0 Å². The molecule has 0 amide bonds. The van der Waals surface area contributed by atoms with Gasteiger partial charge in [0.25, 0.3) is 0 Å². The van der Waals surface area contributed by atoms with Crippen molar-refractivity contribution in [2.45, 2.75) is 0 Å². The molecule has 0 saturated heterocycles. The van der Waals surface area contributed by atoms with Gasteiger partial charge in [-0.25, -0.2) is 10.1 Å². The zero-order chi connectivity index (χ0) is 4.28. The number of hydrazine groups is 2. The maximum Gasteiger partial charge on any atom is 0.173 e. The largest absolute Gasteiger partial charge is 0.234 e. The zero-order valence-electron chi connectivity index (χ0n) is 2.34. The fourth-order valence-corrected chi connectivity index (χ4v) is 0. The maximum absolute atomic E-state index is 8.94. The number of nitrogens with zero attached hydrogens (tertiary/aromatic N) is 1. The van der Waals surface area contributed by atoms with Crippen LogP contribution in [-0.4, -0.2) is 5.03 Å². The Morgan fingerprint density at radius 2 is 2.20 bits per heavy atom. The molecule has 0 aliphatic rings. The van der Waals surface area contributed by atoms with Gasteiger partial charge in [0.2, 0.25) is 0 Å². The van der Waals surface area contributed by atoms with Crippen molar-refractivity contribution >= 4 is 0 Å². The first kappa shape index (κ1) is 4.16. The van der Waals surface area contributed by atoms with Crippen LogP contribution in [0.2, 0.25) is 0 Å². The Morgan fingerprint density at radius 1 is 2.00 bits per heavy atom. The number of rotatable bonds is 1. The molecule has 0 saturated carbocycles. The van der Waals surface area contributed by atoms with Crippen LogP contribution in [-0.2, 0) is 0 Å². The van der Waals surface area contributed by atoms with Crippen LogP contribution in [0.1, 0.15) is 0 Å². The van der Waals surface area contributed by atoms with E-state index in [4.69, 9.17) is 10.1 Å². The summed E-state index contributed by atoms with van der Waals surface area (Å²) in [6, 6.07) is 0. The molecule has 0 heterocycles. The van der Waals surface area contributed by atoms with Crippen molar-refractivity contribution in [2.24, 2.45) is 5.84 Å². The van der Waals surface area contributed by atoms with Crippen molar-refractivity contribution < 1.29 is 5.03 Å². The lowest BCUT2D eigenvalue weighted by molar-refractivity contribution is -0.546. The molecule has 0 radical (unpaired) electrons. The first-order chi connectivity index (χ1) is 2.27. The maximum atomic E-state index is 8.94. The Morgan fingerprint density at radius 3 is 2.20 bits per heavy atom. The van der Waals surface area contributed by atoms with Crippen LogP contribution in [0, 0.1) is 10.1 Å². The monoisotopic (exact) mass is 77.0 g/mol. The van der Waals surface area contributed by atoms with Gasteiger partial charge >= 0.3 is 0 Å².